The van der Waals surface area contributed by atoms with Gasteiger partial charge in [-0.25, -0.2) is 4.68 Å². The van der Waals surface area contributed by atoms with E-state index in [1.165, 1.54) is 4.68 Å². The van der Waals surface area contributed by atoms with E-state index in [1.54, 1.807) is 6.07 Å². The van der Waals surface area contributed by atoms with Crippen LogP contribution in [0.2, 0.25) is 0 Å². The van der Waals surface area contributed by atoms with Gasteiger partial charge in [0.25, 0.3) is 5.56 Å². The van der Waals surface area contributed by atoms with Gasteiger partial charge in [-0.3, -0.25) is 9.59 Å². The van der Waals surface area contributed by atoms with Crippen LogP contribution in [0.1, 0.15) is 38.8 Å². The number of hydrogen-bond donors (Lipinski definition) is 2. The fourth-order valence-corrected chi connectivity index (χ4v) is 4.00. The molecule has 2 atom stereocenters. The normalized spacial score (nSPS) is 20.6. The van der Waals surface area contributed by atoms with Crippen LogP contribution in [0.5, 0.6) is 0 Å². The van der Waals surface area contributed by atoms with Crippen molar-refractivity contribution < 1.29 is 9.90 Å². The molecule has 0 bridgehead atoms. The SMILES string of the molecule is CCN1CC[C@@H](O)[C@@H](NC(=O)Cn2nc(C(C)C)c3cc(Br)ccc3c2=O)C1. The minimum Gasteiger partial charge on any atom is -0.391 e. The Morgan fingerprint density at radius 3 is 2.82 bits per heavy atom. The summed E-state index contributed by atoms with van der Waals surface area (Å²) in [6, 6.07) is 5.13. The summed E-state index contributed by atoms with van der Waals surface area (Å²) in [6.07, 6.45) is 0.0518. The molecule has 1 aliphatic rings. The number of nitrogens with one attached hydrogen (secondary N) is 1. The van der Waals surface area contributed by atoms with Crippen molar-refractivity contribution in [3.05, 3.63) is 38.7 Å². The zero-order chi connectivity index (χ0) is 20.4. The number of benzene rings is 1. The highest BCUT2D eigenvalue weighted by Gasteiger charge is 2.28. The number of carbonyl (C=O) groups is 1. The number of aromatic nitrogens is 2. The summed E-state index contributed by atoms with van der Waals surface area (Å²) in [7, 11) is 0. The maximum Gasteiger partial charge on any atom is 0.275 e. The number of rotatable bonds is 5. The molecule has 1 amide bonds. The first-order valence-electron chi connectivity index (χ1n) is 9.70. The van der Waals surface area contributed by atoms with Crippen LogP contribution < -0.4 is 10.9 Å². The molecule has 3 rings (SSSR count). The van der Waals surface area contributed by atoms with Crippen LogP contribution in [0.15, 0.2) is 27.5 Å². The molecule has 2 aromatic rings. The van der Waals surface area contributed by atoms with Gasteiger partial charge in [-0.1, -0.05) is 36.7 Å². The van der Waals surface area contributed by atoms with Gasteiger partial charge in [0.1, 0.15) is 6.54 Å². The van der Waals surface area contributed by atoms with Crippen molar-refractivity contribution in [2.45, 2.75) is 51.8 Å². The fourth-order valence-electron chi connectivity index (χ4n) is 3.64. The van der Waals surface area contributed by atoms with Crippen molar-refractivity contribution in [2.24, 2.45) is 0 Å². The summed E-state index contributed by atoms with van der Waals surface area (Å²) < 4.78 is 2.11. The second-order valence-electron chi connectivity index (χ2n) is 7.62. The van der Waals surface area contributed by atoms with Crippen molar-refractivity contribution in [2.75, 3.05) is 19.6 Å². The predicted molar refractivity (Wildman–Crippen MR) is 112 cm³/mol. The highest BCUT2D eigenvalue weighted by molar-refractivity contribution is 9.10. The maximum atomic E-state index is 12.9. The molecule has 0 aliphatic carbocycles. The minimum atomic E-state index is -0.573. The zero-order valence-electron chi connectivity index (χ0n) is 16.5. The number of amides is 1. The van der Waals surface area contributed by atoms with Crippen LogP contribution in [0, 0.1) is 0 Å². The second-order valence-corrected chi connectivity index (χ2v) is 8.53. The molecule has 1 fully saturated rings. The number of aliphatic hydroxyl groups excluding tert-OH is 1. The second kappa shape index (κ2) is 8.71. The highest BCUT2D eigenvalue weighted by atomic mass is 79.9. The first kappa shape index (κ1) is 21.0. The lowest BCUT2D eigenvalue weighted by atomic mass is 10.0. The van der Waals surface area contributed by atoms with Gasteiger partial charge < -0.3 is 15.3 Å². The zero-order valence-corrected chi connectivity index (χ0v) is 18.1. The standard InChI is InChI=1S/C20H27BrN4O3/c1-4-24-8-7-17(26)16(10-24)22-18(27)11-25-20(28)14-6-5-13(21)9-15(14)19(23-25)12(2)3/h5-6,9,12,16-17,26H,4,7-8,10-11H2,1-3H3,(H,22,27)/t16-,17+/m0/s1. The maximum absolute atomic E-state index is 12.9. The average Bonchev–Trinajstić information content (AvgIpc) is 2.65. The molecular weight excluding hydrogens is 424 g/mol. The highest BCUT2D eigenvalue weighted by Crippen LogP contribution is 2.24. The molecule has 2 heterocycles. The minimum absolute atomic E-state index is 0.102. The van der Waals surface area contributed by atoms with Gasteiger partial charge >= 0.3 is 0 Å². The molecule has 8 heteroatoms. The van der Waals surface area contributed by atoms with Gasteiger partial charge in [-0.2, -0.15) is 5.10 Å². The van der Waals surface area contributed by atoms with Crippen LogP contribution in [0.25, 0.3) is 10.8 Å². The summed E-state index contributed by atoms with van der Waals surface area (Å²) in [6.45, 7) is 8.21. The predicted octanol–water partition coefficient (Wildman–Crippen LogP) is 1.85. The lowest BCUT2D eigenvalue weighted by molar-refractivity contribution is -0.124. The van der Waals surface area contributed by atoms with Crippen molar-refractivity contribution in [3.8, 4) is 0 Å². The van der Waals surface area contributed by atoms with E-state index < -0.39 is 6.10 Å². The lowest BCUT2D eigenvalue weighted by Crippen LogP contribution is -2.55. The number of halogens is 1. The number of fused-ring (bicyclic) bond motifs is 1. The van der Waals surface area contributed by atoms with Gasteiger partial charge in [-0.15, -0.1) is 0 Å². The Balaban J connectivity index is 1.85. The molecule has 7 nitrogen and oxygen atoms in total. The molecule has 152 valence electrons. The first-order chi connectivity index (χ1) is 13.3. The van der Waals surface area contributed by atoms with E-state index in [4.69, 9.17) is 0 Å². The van der Waals surface area contributed by atoms with Crippen LogP contribution in [0.3, 0.4) is 0 Å². The molecular formula is C20H27BrN4O3. The molecule has 28 heavy (non-hydrogen) atoms. The molecule has 1 aromatic heterocycles. The first-order valence-corrected chi connectivity index (χ1v) is 10.5. The van der Waals surface area contributed by atoms with Crippen molar-refractivity contribution in [3.63, 3.8) is 0 Å². The van der Waals surface area contributed by atoms with E-state index in [0.717, 1.165) is 28.6 Å². The molecule has 0 radical (unpaired) electrons. The number of nitrogens with zero attached hydrogens (tertiary/aromatic N) is 3. The third-order valence-electron chi connectivity index (χ3n) is 5.25. The average molecular weight is 451 g/mol. The number of likely N-dealkylation sites (tertiary alicyclic amines) is 1. The summed E-state index contributed by atoms with van der Waals surface area (Å²) in [4.78, 5) is 27.6. The molecule has 2 N–H and O–H groups in total. The Kier molecular flexibility index (Phi) is 6.52. The van der Waals surface area contributed by atoms with Crippen LogP contribution >= 0.6 is 15.9 Å². The molecule has 0 unspecified atom stereocenters. The Morgan fingerprint density at radius 1 is 1.39 bits per heavy atom. The van der Waals surface area contributed by atoms with Crippen molar-refractivity contribution in [1.82, 2.24) is 20.0 Å². The Morgan fingerprint density at radius 2 is 2.14 bits per heavy atom. The monoisotopic (exact) mass is 450 g/mol. The third-order valence-corrected chi connectivity index (χ3v) is 5.74. The van der Waals surface area contributed by atoms with Crippen molar-refractivity contribution in [1.29, 1.82) is 0 Å². The Hall–Kier alpha value is -1.77. The van der Waals surface area contributed by atoms with E-state index in [-0.39, 0.29) is 30.0 Å². The molecule has 0 saturated carbocycles. The van der Waals surface area contributed by atoms with Gasteiger partial charge in [-0.05, 0) is 37.1 Å². The molecule has 0 spiro atoms. The quantitative estimate of drug-likeness (QED) is 0.725. The van der Waals surface area contributed by atoms with Gasteiger partial charge in [0.2, 0.25) is 5.91 Å². The number of carbonyl (C=O) groups excluding carboxylic acids is 1. The van der Waals surface area contributed by atoms with E-state index in [9.17, 15) is 14.7 Å². The summed E-state index contributed by atoms with van der Waals surface area (Å²) in [5.74, 6) is -0.215. The topological polar surface area (TPSA) is 87.5 Å². The largest absolute Gasteiger partial charge is 0.391 e. The number of likely N-dealkylation sites (N-methyl/N-ethyl adjacent to an activating group) is 1. The van der Waals surface area contributed by atoms with Gasteiger partial charge in [0, 0.05) is 22.9 Å². The van der Waals surface area contributed by atoms with Crippen LogP contribution in [-0.4, -0.2) is 57.5 Å². The molecule has 1 aromatic carbocycles. The Bertz CT molecular complexity index is 928. The summed E-state index contributed by atoms with van der Waals surface area (Å²) in [5, 5.41) is 18.9. The van der Waals surface area contributed by atoms with E-state index in [2.05, 4.69) is 38.2 Å². The van der Waals surface area contributed by atoms with E-state index >= 15 is 0 Å². The van der Waals surface area contributed by atoms with E-state index in [1.807, 2.05) is 26.0 Å². The molecule has 1 aliphatic heterocycles. The number of hydrogen-bond acceptors (Lipinski definition) is 5. The van der Waals surface area contributed by atoms with Crippen LogP contribution in [0.4, 0.5) is 0 Å². The number of piperidine rings is 1. The lowest BCUT2D eigenvalue weighted by Gasteiger charge is -2.35. The fraction of sp³-hybridized carbons (Fsp3) is 0.550. The van der Waals surface area contributed by atoms with Crippen molar-refractivity contribution >= 4 is 32.6 Å². The summed E-state index contributed by atoms with van der Waals surface area (Å²) in [5.41, 5.74) is 0.486. The van der Waals surface area contributed by atoms with E-state index in [0.29, 0.717) is 18.4 Å². The van der Waals surface area contributed by atoms with Crippen LogP contribution in [-0.2, 0) is 11.3 Å². The smallest absolute Gasteiger partial charge is 0.275 e. The molecule has 1 saturated heterocycles. The third kappa shape index (κ3) is 4.45. The van der Waals surface area contributed by atoms with Gasteiger partial charge in [0.05, 0.1) is 23.2 Å². The number of aliphatic hydroxyl groups is 1. The Labute approximate surface area is 172 Å². The summed E-state index contributed by atoms with van der Waals surface area (Å²) >= 11 is 3.44. The van der Waals surface area contributed by atoms with Gasteiger partial charge in [0.15, 0.2) is 0 Å².